The van der Waals surface area contributed by atoms with E-state index in [1.807, 2.05) is 0 Å². The first-order valence-electron chi connectivity index (χ1n) is 4.53. The average Bonchev–Trinajstić information content (AvgIpc) is 2.18. The standard InChI is InChI=1S/C8H17N3O2/c1-10-8(12)7-6-11(3-2-9)4-5-13-7/h7H,2-6,9H2,1H3,(H,10,12). The number of morpholine rings is 1. The number of rotatable bonds is 3. The minimum atomic E-state index is -0.328. The Morgan fingerprint density at radius 2 is 2.54 bits per heavy atom. The minimum absolute atomic E-state index is 0.0540. The molecule has 1 saturated heterocycles. The first-order chi connectivity index (χ1) is 6.27. The van der Waals surface area contributed by atoms with E-state index in [4.69, 9.17) is 10.5 Å². The highest BCUT2D eigenvalue weighted by Crippen LogP contribution is 2.04. The molecule has 0 radical (unpaired) electrons. The highest BCUT2D eigenvalue weighted by Gasteiger charge is 2.24. The Hall–Kier alpha value is -0.650. The molecule has 1 atom stereocenters. The lowest BCUT2D eigenvalue weighted by atomic mass is 10.2. The van der Waals surface area contributed by atoms with Crippen LogP contribution < -0.4 is 11.1 Å². The Bertz CT molecular complexity index is 173. The quantitative estimate of drug-likeness (QED) is 0.558. The molecule has 1 rings (SSSR count). The van der Waals surface area contributed by atoms with Crippen LogP contribution in [0.3, 0.4) is 0 Å². The molecule has 5 nitrogen and oxygen atoms in total. The molecule has 3 N–H and O–H groups in total. The van der Waals surface area contributed by atoms with E-state index in [2.05, 4.69) is 10.2 Å². The Kier molecular flexibility index (Phi) is 4.14. The van der Waals surface area contributed by atoms with Crippen LogP contribution in [0.5, 0.6) is 0 Å². The van der Waals surface area contributed by atoms with Crippen LogP contribution in [0.15, 0.2) is 0 Å². The van der Waals surface area contributed by atoms with Gasteiger partial charge >= 0.3 is 0 Å². The number of nitrogens with two attached hydrogens (primary N) is 1. The molecule has 0 saturated carbocycles. The van der Waals surface area contributed by atoms with E-state index in [1.54, 1.807) is 7.05 Å². The zero-order chi connectivity index (χ0) is 9.68. The van der Waals surface area contributed by atoms with Crippen molar-refractivity contribution in [3.63, 3.8) is 0 Å². The first-order valence-corrected chi connectivity index (χ1v) is 4.53. The Morgan fingerprint density at radius 3 is 3.15 bits per heavy atom. The highest BCUT2D eigenvalue weighted by atomic mass is 16.5. The van der Waals surface area contributed by atoms with Crippen molar-refractivity contribution in [2.45, 2.75) is 6.10 Å². The van der Waals surface area contributed by atoms with Gasteiger partial charge in [0.15, 0.2) is 0 Å². The fourth-order valence-electron chi connectivity index (χ4n) is 1.41. The van der Waals surface area contributed by atoms with Crippen LogP contribution in [-0.2, 0) is 9.53 Å². The molecule has 0 spiro atoms. The SMILES string of the molecule is CNC(=O)C1CN(CCN)CCO1. The highest BCUT2D eigenvalue weighted by molar-refractivity contribution is 5.80. The molecule has 1 unspecified atom stereocenters. The summed E-state index contributed by atoms with van der Waals surface area (Å²) in [4.78, 5) is 13.4. The van der Waals surface area contributed by atoms with Gasteiger partial charge in [0.2, 0.25) is 5.91 Å². The first kappa shape index (κ1) is 10.4. The smallest absolute Gasteiger partial charge is 0.250 e. The second-order valence-corrected chi connectivity index (χ2v) is 3.06. The van der Waals surface area contributed by atoms with E-state index in [-0.39, 0.29) is 12.0 Å². The molecule has 1 heterocycles. The zero-order valence-electron chi connectivity index (χ0n) is 7.95. The zero-order valence-corrected chi connectivity index (χ0v) is 7.95. The van der Waals surface area contributed by atoms with Crippen molar-refractivity contribution in [1.82, 2.24) is 10.2 Å². The van der Waals surface area contributed by atoms with Crippen molar-refractivity contribution in [1.29, 1.82) is 0 Å². The molecular weight excluding hydrogens is 170 g/mol. The number of hydrogen-bond acceptors (Lipinski definition) is 4. The summed E-state index contributed by atoms with van der Waals surface area (Å²) in [6, 6.07) is 0. The lowest BCUT2D eigenvalue weighted by Crippen LogP contribution is -2.50. The van der Waals surface area contributed by atoms with E-state index >= 15 is 0 Å². The van der Waals surface area contributed by atoms with Gasteiger partial charge in [0.05, 0.1) is 6.61 Å². The molecule has 0 aliphatic carbocycles. The molecule has 1 fully saturated rings. The third-order valence-corrected chi connectivity index (χ3v) is 2.13. The predicted molar refractivity (Wildman–Crippen MR) is 49.3 cm³/mol. The molecule has 13 heavy (non-hydrogen) atoms. The van der Waals surface area contributed by atoms with Gasteiger partial charge in [0.1, 0.15) is 6.10 Å². The minimum Gasteiger partial charge on any atom is -0.366 e. The van der Waals surface area contributed by atoms with Gasteiger partial charge in [-0.25, -0.2) is 0 Å². The van der Waals surface area contributed by atoms with Crippen molar-refractivity contribution >= 4 is 5.91 Å². The van der Waals surface area contributed by atoms with Gasteiger partial charge in [0, 0.05) is 33.2 Å². The van der Waals surface area contributed by atoms with E-state index in [0.717, 1.165) is 13.1 Å². The summed E-state index contributed by atoms with van der Waals surface area (Å²) in [7, 11) is 1.62. The van der Waals surface area contributed by atoms with E-state index in [9.17, 15) is 4.79 Å². The molecule has 0 aromatic rings. The molecular formula is C8H17N3O2. The van der Waals surface area contributed by atoms with Gasteiger partial charge < -0.3 is 15.8 Å². The van der Waals surface area contributed by atoms with Crippen LogP contribution in [0.2, 0.25) is 0 Å². The number of carbonyl (C=O) groups is 1. The van der Waals surface area contributed by atoms with Crippen molar-refractivity contribution < 1.29 is 9.53 Å². The number of carbonyl (C=O) groups excluding carboxylic acids is 1. The Labute approximate surface area is 78.2 Å². The molecule has 0 aromatic carbocycles. The van der Waals surface area contributed by atoms with E-state index < -0.39 is 0 Å². The Morgan fingerprint density at radius 1 is 1.77 bits per heavy atom. The molecule has 1 aliphatic heterocycles. The lowest BCUT2D eigenvalue weighted by Gasteiger charge is -2.31. The lowest BCUT2D eigenvalue weighted by molar-refractivity contribution is -0.137. The number of hydrogen-bond donors (Lipinski definition) is 2. The van der Waals surface area contributed by atoms with E-state index in [0.29, 0.717) is 19.7 Å². The summed E-state index contributed by atoms with van der Waals surface area (Å²) < 4.78 is 5.31. The largest absolute Gasteiger partial charge is 0.366 e. The summed E-state index contributed by atoms with van der Waals surface area (Å²) in [5.74, 6) is -0.0540. The van der Waals surface area contributed by atoms with Crippen LogP contribution in [0.25, 0.3) is 0 Å². The fourth-order valence-corrected chi connectivity index (χ4v) is 1.41. The van der Waals surface area contributed by atoms with Gasteiger partial charge in [-0.15, -0.1) is 0 Å². The van der Waals surface area contributed by atoms with Crippen LogP contribution in [0.4, 0.5) is 0 Å². The second kappa shape index (κ2) is 5.16. The number of ether oxygens (including phenoxy) is 1. The van der Waals surface area contributed by atoms with E-state index in [1.165, 1.54) is 0 Å². The summed E-state index contributed by atoms with van der Waals surface area (Å²) in [5.41, 5.74) is 5.43. The molecule has 76 valence electrons. The number of amides is 1. The fraction of sp³-hybridized carbons (Fsp3) is 0.875. The number of nitrogens with one attached hydrogen (secondary N) is 1. The molecule has 0 bridgehead atoms. The van der Waals surface area contributed by atoms with Crippen LogP contribution in [-0.4, -0.2) is 56.7 Å². The maximum atomic E-state index is 11.2. The van der Waals surface area contributed by atoms with Gasteiger partial charge in [-0.05, 0) is 0 Å². The molecule has 0 aromatic heterocycles. The molecule has 5 heteroatoms. The maximum Gasteiger partial charge on any atom is 0.250 e. The third-order valence-electron chi connectivity index (χ3n) is 2.13. The van der Waals surface area contributed by atoms with Crippen LogP contribution >= 0.6 is 0 Å². The van der Waals surface area contributed by atoms with Gasteiger partial charge in [-0.2, -0.15) is 0 Å². The monoisotopic (exact) mass is 187 g/mol. The third kappa shape index (κ3) is 2.95. The number of likely N-dealkylation sites (N-methyl/N-ethyl adjacent to an activating group) is 1. The van der Waals surface area contributed by atoms with Gasteiger partial charge in [0.25, 0.3) is 0 Å². The van der Waals surface area contributed by atoms with Crippen molar-refractivity contribution in [3.05, 3.63) is 0 Å². The number of nitrogens with zero attached hydrogens (tertiary/aromatic N) is 1. The second-order valence-electron chi connectivity index (χ2n) is 3.06. The van der Waals surface area contributed by atoms with Crippen LogP contribution in [0.1, 0.15) is 0 Å². The van der Waals surface area contributed by atoms with Crippen molar-refractivity contribution in [2.24, 2.45) is 5.73 Å². The van der Waals surface area contributed by atoms with Crippen molar-refractivity contribution in [2.75, 3.05) is 39.8 Å². The topological polar surface area (TPSA) is 67.6 Å². The normalized spacial score (nSPS) is 24.3. The van der Waals surface area contributed by atoms with Gasteiger partial charge in [-0.3, -0.25) is 9.69 Å². The van der Waals surface area contributed by atoms with Crippen LogP contribution in [0, 0.1) is 0 Å². The molecule has 1 aliphatic rings. The molecule has 1 amide bonds. The Balaban J connectivity index is 2.37. The van der Waals surface area contributed by atoms with Gasteiger partial charge in [-0.1, -0.05) is 0 Å². The summed E-state index contributed by atoms with van der Waals surface area (Å²) in [6.45, 7) is 3.58. The predicted octanol–water partition coefficient (Wildman–Crippen LogP) is -1.61. The summed E-state index contributed by atoms with van der Waals surface area (Å²) in [5, 5.41) is 2.58. The maximum absolute atomic E-state index is 11.2. The van der Waals surface area contributed by atoms with Crippen molar-refractivity contribution in [3.8, 4) is 0 Å². The average molecular weight is 187 g/mol. The summed E-state index contributed by atoms with van der Waals surface area (Å²) in [6.07, 6.45) is -0.328. The summed E-state index contributed by atoms with van der Waals surface area (Å²) >= 11 is 0.